The Morgan fingerprint density at radius 1 is 1.34 bits per heavy atom. The Morgan fingerprint density at radius 2 is 2.03 bits per heavy atom. The van der Waals surface area contributed by atoms with Crippen molar-refractivity contribution >= 4 is 39.2 Å². The van der Waals surface area contributed by atoms with Gasteiger partial charge in [-0.3, -0.25) is 14.2 Å². The first-order valence-corrected chi connectivity index (χ1v) is 11.1. The first-order chi connectivity index (χ1) is 13.7. The normalized spacial score (nSPS) is 12.7. The van der Waals surface area contributed by atoms with Crippen molar-refractivity contribution in [3.8, 4) is 11.1 Å². The molecule has 2 heterocycles. The third kappa shape index (κ3) is 4.79. The fourth-order valence-corrected chi connectivity index (χ4v) is 4.81. The molecule has 0 fully saturated rings. The molecule has 1 N–H and O–H groups in total. The van der Waals surface area contributed by atoms with Crippen molar-refractivity contribution in [2.75, 3.05) is 0 Å². The average Bonchev–Trinajstić information content (AvgIpc) is 3.08. The third-order valence-corrected chi connectivity index (χ3v) is 6.17. The van der Waals surface area contributed by atoms with Gasteiger partial charge in [0.15, 0.2) is 5.16 Å². The molecule has 29 heavy (non-hydrogen) atoms. The molecule has 152 valence electrons. The van der Waals surface area contributed by atoms with E-state index in [1.807, 2.05) is 63.4 Å². The number of thioether (sulfide) groups is 1. The summed E-state index contributed by atoms with van der Waals surface area (Å²) in [6.45, 7) is 11.8. The number of aromatic nitrogens is 2. The van der Waals surface area contributed by atoms with E-state index in [1.165, 1.54) is 23.1 Å². The standard InChI is InChI=1S/C22H25N3O2S2/c1-6-12-25-20(27)17-16(15-10-8-7-9-11-15)13-28-19(17)23-21(25)29-14(2)18(26)24-22(3,4)5/h6-11,13-14H,1,12H2,2-5H3,(H,24,26). The predicted octanol–water partition coefficient (Wildman–Crippen LogP) is 4.71. The number of allylic oxidation sites excluding steroid dienone is 1. The molecule has 1 unspecified atom stereocenters. The fraction of sp³-hybridized carbons (Fsp3) is 0.318. The van der Waals surface area contributed by atoms with Crippen molar-refractivity contribution in [3.05, 3.63) is 58.7 Å². The Balaban J connectivity index is 2.05. The van der Waals surface area contributed by atoms with Gasteiger partial charge in [0.25, 0.3) is 5.56 Å². The van der Waals surface area contributed by atoms with Crippen molar-refractivity contribution in [2.24, 2.45) is 0 Å². The van der Waals surface area contributed by atoms with Gasteiger partial charge >= 0.3 is 0 Å². The lowest BCUT2D eigenvalue weighted by Gasteiger charge is -2.23. The monoisotopic (exact) mass is 427 g/mol. The maximum Gasteiger partial charge on any atom is 0.263 e. The molecule has 0 radical (unpaired) electrons. The van der Waals surface area contributed by atoms with Gasteiger partial charge in [-0.15, -0.1) is 17.9 Å². The summed E-state index contributed by atoms with van der Waals surface area (Å²) in [4.78, 5) is 31.3. The molecule has 0 aliphatic rings. The Bertz CT molecular complexity index is 1090. The molecule has 0 saturated carbocycles. The summed E-state index contributed by atoms with van der Waals surface area (Å²) in [5.41, 5.74) is 1.45. The van der Waals surface area contributed by atoms with E-state index < -0.39 is 0 Å². The Kier molecular flexibility index (Phi) is 6.29. The van der Waals surface area contributed by atoms with Gasteiger partial charge < -0.3 is 5.32 Å². The SMILES string of the molecule is C=CCn1c(SC(C)C(=O)NC(C)(C)C)nc2scc(-c3ccccc3)c2c1=O. The smallest absolute Gasteiger partial charge is 0.263 e. The number of hydrogen-bond donors (Lipinski definition) is 1. The van der Waals surface area contributed by atoms with Crippen LogP contribution in [0.25, 0.3) is 21.3 Å². The summed E-state index contributed by atoms with van der Waals surface area (Å²) in [5, 5.41) is 5.70. The average molecular weight is 428 g/mol. The van der Waals surface area contributed by atoms with E-state index >= 15 is 0 Å². The van der Waals surface area contributed by atoms with Crippen LogP contribution in [0.3, 0.4) is 0 Å². The van der Waals surface area contributed by atoms with E-state index in [0.29, 0.717) is 21.9 Å². The molecule has 0 aliphatic carbocycles. The number of hydrogen-bond acceptors (Lipinski definition) is 5. The van der Waals surface area contributed by atoms with E-state index in [2.05, 4.69) is 11.9 Å². The number of benzene rings is 1. The van der Waals surface area contributed by atoms with Gasteiger partial charge in [-0.05, 0) is 33.3 Å². The van der Waals surface area contributed by atoms with Crippen LogP contribution in [0.1, 0.15) is 27.7 Å². The highest BCUT2D eigenvalue weighted by atomic mass is 32.2. The number of fused-ring (bicyclic) bond motifs is 1. The van der Waals surface area contributed by atoms with Crippen molar-refractivity contribution in [1.82, 2.24) is 14.9 Å². The zero-order valence-corrected chi connectivity index (χ0v) is 18.7. The molecule has 2 aromatic heterocycles. The molecular weight excluding hydrogens is 402 g/mol. The summed E-state index contributed by atoms with van der Waals surface area (Å²) >= 11 is 2.74. The van der Waals surface area contributed by atoms with Crippen molar-refractivity contribution < 1.29 is 4.79 Å². The molecule has 0 aliphatic heterocycles. The third-order valence-electron chi connectivity index (χ3n) is 4.20. The minimum absolute atomic E-state index is 0.0850. The van der Waals surface area contributed by atoms with E-state index in [4.69, 9.17) is 4.98 Å². The van der Waals surface area contributed by atoms with Crippen LogP contribution in [0.5, 0.6) is 0 Å². The number of thiophene rings is 1. The predicted molar refractivity (Wildman–Crippen MR) is 123 cm³/mol. The summed E-state index contributed by atoms with van der Waals surface area (Å²) in [6.07, 6.45) is 1.67. The lowest BCUT2D eigenvalue weighted by molar-refractivity contribution is -0.121. The van der Waals surface area contributed by atoms with Crippen molar-refractivity contribution in [1.29, 1.82) is 0 Å². The Labute approximate surface area is 178 Å². The van der Waals surface area contributed by atoms with Gasteiger partial charge in [0.2, 0.25) is 5.91 Å². The molecule has 0 saturated heterocycles. The Hall–Kier alpha value is -2.38. The molecule has 1 amide bonds. The molecule has 1 aromatic carbocycles. The summed E-state index contributed by atoms with van der Waals surface area (Å²) in [6, 6.07) is 9.83. The topological polar surface area (TPSA) is 64.0 Å². The first kappa shape index (κ1) is 21.3. The van der Waals surface area contributed by atoms with Crippen LogP contribution in [0, 0.1) is 0 Å². The molecule has 0 spiro atoms. The number of nitrogens with one attached hydrogen (secondary N) is 1. The minimum atomic E-state index is -0.386. The van der Waals surface area contributed by atoms with Crippen LogP contribution in [-0.2, 0) is 11.3 Å². The molecule has 7 heteroatoms. The van der Waals surface area contributed by atoms with Crippen LogP contribution in [-0.4, -0.2) is 26.2 Å². The highest BCUT2D eigenvalue weighted by Gasteiger charge is 2.23. The zero-order valence-electron chi connectivity index (χ0n) is 17.1. The molecular formula is C22H25N3O2S2. The van der Waals surface area contributed by atoms with Crippen LogP contribution in [0.4, 0.5) is 0 Å². The second-order valence-corrected chi connectivity index (χ2v) is 9.96. The first-order valence-electron chi connectivity index (χ1n) is 9.38. The Morgan fingerprint density at radius 3 is 2.66 bits per heavy atom. The van der Waals surface area contributed by atoms with Gasteiger partial charge in [0.1, 0.15) is 4.83 Å². The summed E-state index contributed by atoms with van der Waals surface area (Å²) < 4.78 is 1.60. The highest BCUT2D eigenvalue weighted by molar-refractivity contribution is 8.00. The lowest BCUT2D eigenvalue weighted by atomic mass is 10.1. The number of rotatable bonds is 6. The maximum atomic E-state index is 13.3. The van der Waals surface area contributed by atoms with Crippen LogP contribution < -0.4 is 10.9 Å². The number of nitrogens with zero attached hydrogens (tertiary/aromatic N) is 2. The second kappa shape index (κ2) is 8.55. The van der Waals surface area contributed by atoms with Crippen molar-refractivity contribution in [3.63, 3.8) is 0 Å². The maximum absolute atomic E-state index is 13.3. The largest absolute Gasteiger partial charge is 0.351 e. The van der Waals surface area contributed by atoms with Gasteiger partial charge in [0.05, 0.1) is 10.6 Å². The van der Waals surface area contributed by atoms with Crippen LogP contribution in [0.15, 0.2) is 58.3 Å². The number of carbonyl (C=O) groups excluding carboxylic acids is 1. The second-order valence-electron chi connectivity index (χ2n) is 7.79. The lowest BCUT2D eigenvalue weighted by Crippen LogP contribution is -2.44. The molecule has 3 aromatic rings. The number of carbonyl (C=O) groups is 1. The summed E-state index contributed by atoms with van der Waals surface area (Å²) in [7, 11) is 0. The molecule has 1 atom stereocenters. The van der Waals surface area contributed by atoms with Gasteiger partial charge in [-0.1, -0.05) is 48.2 Å². The van der Waals surface area contributed by atoms with E-state index in [-0.39, 0.29) is 22.3 Å². The van der Waals surface area contributed by atoms with Gasteiger partial charge in [0, 0.05) is 23.0 Å². The minimum Gasteiger partial charge on any atom is -0.351 e. The van der Waals surface area contributed by atoms with Gasteiger partial charge in [-0.2, -0.15) is 0 Å². The summed E-state index contributed by atoms with van der Waals surface area (Å²) in [5.74, 6) is -0.0850. The molecule has 3 rings (SSSR count). The highest BCUT2D eigenvalue weighted by Crippen LogP contribution is 2.32. The zero-order chi connectivity index (χ0) is 21.2. The van der Waals surface area contributed by atoms with Crippen LogP contribution in [0.2, 0.25) is 0 Å². The molecule has 5 nitrogen and oxygen atoms in total. The molecule has 0 bridgehead atoms. The van der Waals surface area contributed by atoms with Crippen LogP contribution >= 0.6 is 23.1 Å². The van der Waals surface area contributed by atoms with Crippen molar-refractivity contribution in [2.45, 2.75) is 50.2 Å². The van der Waals surface area contributed by atoms with E-state index in [1.54, 1.807) is 10.6 Å². The number of amides is 1. The van der Waals surface area contributed by atoms with Gasteiger partial charge in [-0.25, -0.2) is 4.98 Å². The van der Waals surface area contributed by atoms with E-state index in [9.17, 15) is 9.59 Å². The fourth-order valence-electron chi connectivity index (χ4n) is 2.90. The quantitative estimate of drug-likeness (QED) is 0.352. The van der Waals surface area contributed by atoms with E-state index in [0.717, 1.165) is 11.1 Å².